The highest BCUT2D eigenvalue weighted by Gasteiger charge is 2.47. The quantitative estimate of drug-likeness (QED) is 0.580. The van der Waals surface area contributed by atoms with E-state index in [9.17, 15) is 9.59 Å². The summed E-state index contributed by atoms with van der Waals surface area (Å²) in [5, 5.41) is 3.14. The van der Waals surface area contributed by atoms with Gasteiger partial charge in [0.25, 0.3) is 5.91 Å². The maximum absolute atomic E-state index is 13.2. The van der Waals surface area contributed by atoms with Crippen LogP contribution < -0.4 is 10.2 Å². The second kappa shape index (κ2) is 9.97. The predicted octanol–water partition coefficient (Wildman–Crippen LogP) is 4.36. The molecule has 2 atom stereocenters. The molecule has 4 fully saturated rings. The Balaban J connectivity index is 1.10. The molecule has 3 saturated heterocycles. The molecule has 1 aromatic carbocycles. The predicted molar refractivity (Wildman–Crippen MR) is 142 cm³/mol. The number of thiophene rings is 1. The Morgan fingerprint density at radius 2 is 1.89 bits per heavy atom. The molecule has 192 valence electrons. The summed E-state index contributed by atoms with van der Waals surface area (Å²) >= 11 is 7.27. The fourth-order valence-corrected chi connectivity index (χ4v) is 7.22. The molecule has 1 aromatic heterocycles. The van der Waals surface area contributed by atoms with Gasteiger partial charge in [0.15, 0.2) is 0 Å². The van der Waals surface area contributed by atoms with Crippen LogP contribution in [0, 0.1) is 0 Å². The third-order valence-corrected chi connectivity index (χ3v) is 9.85. The molecule has 0 unspecified atom stereocenters. The summed E-state index contributed by atoms with van der Waals surface area (Å²) in [7, 11) is 0. The van der Waals surface area contributed by atoms with Gasteiger partial charge in [-0.05, 0) is 67.5 Å². The number of fused-ring (bicyclic) bond motifs is 1. The number of halogens is 1. The van der Waals surface area contributed by atoms with E-state index in [4.69, 9.17) is 16.3 Å². The molecule has 2 aromatic rings. The normalized spacial score (nSPS) is 25.6. The van der Waals surface area contributed by atoms with Gasteiger partial charge < -0.3 is 15.0 Å². The number of nitrogens with one attached hydrogen (secondary N) is 1. The lowest BCUT2D eigenvalue weighted by molar-refractivity contribution is 0.0311. The molecule has 9 heteroatoms. The number of hydrogen-bond donors (Lipinski definition) is 1. The van der Waals surface area contributed by atoms with Gasteiger partial charge in [-0.2, -0.15) is 0 Å². The van der Waals surface area contributed by atoms with Crippen LogP contribution in [0.3, 0.4) is 0 Å². The third kappa shape index (κ3) is 4.53. The number of amides is 3. The van der Waals surface area contributed by atoms with E-state index in [1.165, 1.54) is 42.6 Å². The van der Waals surface area contributed by atoms with Crippen LogP contribution in [0.25, 0.3) is 0 Å². The standard InChI is InChI=1S/C27H33ClN4O3S/c28-24-7-6-23(36-24)25(33)29-21-8-12-31-22(21)18-32(26(31)34)20-4-2-19(3-5-20)27(9-1-10-27)11-13-30-14-16-35-17-15-30/h2-7,21-22H,1,8-18H2,(H,29,33)/t21-,22-/m1/s1. The van der Waals surface area contributed by atoms with Gasteiger partial charge in [-0.15, -0.1) is 11.3 Å². The van der Waals surface area contributed by atoms with Crippen LogP contribution in [0.15, 0.2) is 36.4 Å². The molecule has 4 heterocycles. The summed E-state index contributed by atoms with van der Waals surface area (Å²) < 4.78 is 6.10. The van der Waals surface area contributed by atoms with E-state index in [0.29, 0.717) is 22.3 Å². The van der Waals surface area contributed by atoms with Gasteiger partial charge in [-0.1, -0.05) is 30.2 Å². The maximum Gasteiger partial charge on any atom is 0.324 e. The molecule has 4 aliphatic rings. The van der Waals surface area contributed by atoms with E-state index in [2.05, 4.69) is 34.5 Å². The first-order chi connectivity index (χ1) is 17.5. The van der Waals surface area contributed by atoms with Crippen molar-refractivity contribution in [2.45, 2.75) is 49.6 Å². The van der Waals surface area contributed by atoms with Gasteiger partial charge in [-0.25, -0.2) is 4.79 Å². The minimum Gasteiger partial charge on any atom is -0.379 e. The molecule has 1 aliphatic carbocycles. The highest BCUT2D eigenvalue weighted by molar-refractivity contribution is 7.18. The molecule has 0 radical (unpaired) electrons. The molecule has 1 saturated carbocycles. The lowest BCUT2D eigenvalue weighted by atomic mass is 9.62. The minimum absolute atomic E-state index is 0.0111. The average molecular weight is 529 g/mol. The van der Waals surface area contributed by atoms with Gasteiger partial charge in [-0.3, -0.25) is 14.6 Å². The first kappa shape index (κ1) is 24.2. The summed E-state index contributed by atoms with van der Waals surface area (Å²) in [6, 6.07) is 12.2. The molecule has 3 amide bonds. The van der Waals surface area contributed by atoms with Gasteiger partial charge >= 0.3 is 6.03 Å². The number of ether oxygens (including phenoxy) is 1. The molecule has 36 heavy (non-hydrogen) atoms. The summed E-state index contributed by atoms with van der Waals surface area (Å²) in [6.07, 6.45) is 5.73. The first-order valence-corrected chi connectivity index (χ1v) is 14.3. The molecular weight excluding hydrogens is 496 g/mol. The SMILES string of the molecule is O=C(N[C@@H]1CCN2C(=O)N(c3ccc(C4(CCN5CCOCC5)CCC4)cc3)C[C@H]12)c1ccc(Cl)s1. The summed E-state index contributed by atoms with van der Waals surface area (Å²) in [4.78, 5) is 32.8. The minimum atomic E-state index is -0.114. The monoisotopic (exact) mass is 528 g/mol. The topological polar surface area (TPSA) is 65.1 Å². The molecule has 7 nitrogen and oxygen atoms in total. The van der Waals surface area contributed by atoms with Crippen molar-refractivity contribution in [3.63, 3.8) is 0 Å². The van der Waals surface area contributed by atoms with Gasteiger partial charge in [0.2, 0.25) is 0 Å². The van der Waals surface area contributed by atoms with Crippen molar-refractivity contribution in [1.82, 2.24) is 15.1 Å². The van der Waals surface area contributed by atoms with Crippen molar-refractivity contribution in [3.8, 4) is 0 Å². The van der Waals surface area contributed by atoms with Crippen LogP contribution in [0.4, 0.5) is 10.5 Å². The number of carbonyl (C=O) groups is 2. The van der Waals surface area contributed by atoms with E-state index >= 15 is 0 Å². The molecule has 1 N–H and O–H groups in total. The molecule has 0 spiro atoms. The Hall–Kier alpha value is -2.13. The van der Waals surface area contributed by atoms with Crippen molar-refractivity contribution >= 4 is 40.6 Å². The summed E-state index contributed by atoms with van der Waals surface area (Å²) in [5.41, 5.74) is 2.61. The van der Waals surface area contributed by atoms with Crippen molar-refractivity contribution in [2.24, 2.45) is 0 Å². The van der Waals surface area contributed by atoms with E-state index in [-0.39, 0.29) is 29.4 Å². The number of carbonyl (C=O) groups excluding carboxylic acids is 2. The van der Waals surface area contributed by atoms with E-state index in [1.54, 1.807) is 12.1 Å². The smallest absolute Gasteiger partial charge is 0.324 e. The lowest BCUT2D eigenvalue weighted by Gasteiger charge is -2.44. The third-order valence-electron chi connectivity index (χ3n) is 8.62. The van der Waals surface area contributed by atoms with Crippen molar-refractivity contribution in [2.75, 3.05) is 50.8 Å². The zero-order valence-corrected chi connectivity index (χ0v) is 22.0. The first-order valence-electron chi connectivity index (χ1n) is 13.1. The van der Waals surface area contributed by atoms with Crippen LogP contribution in [0.5, 0.6) is 0 Å². The lowest BCUT2D eigenvalue weighted by Crippen LogP contribution is -2.44. The maximum atomic E-state index is 13.2. The highest BCUT2D eigenvalue weighted by Crippen LogP contribution is 2.47. The van der Waals surface area contributed by atoms with Crippen LogP contribution >= 0.6 is 22.9 Å². The molecule has 3 aliphatic heterocycles. The van der Waals surface area contributed by atoms with Gasteiger partial charge in [0, 0.05) is 25.3 Å². The number of urea groups is 1. The van der Waals surface area contributed by atoms with Gasteiger partial charge in [0.1, 0.15) is 0 Å². The second-order valence-electron chi connectivity index (χ2n) is 10.5. The van der Waals surface area contributed by atoms with E-state index in [0.717, 1.165) is 45.0 Å². The van der Waals surface area contributed by atoms with Crippen LogP contribution in [-0.2, 0) is 10.2 Å². The number of rotatable bonds is 7. The van der Waals surface area contributed by atoms with Crippen molar-refractivity contribution in [1.29, 1.82) is 0 Å². The molecule has 0 bridgehead atoms. The number of anilines is 1. The Labute approximate surface area is 221 Å². The fraction of sp³-hybridized carbons (Fsp3) is 0.556. The van der Waals surface area contributed by atoms with E-state index in [1.807, 2.05) is 9.80 Å². The molecular formula is C27H33ClN4O3S. The number of hydrogen-bond acceptors (Lipinski definition) is 5. The van der Waals surface area contributed by atoms with Crippen LogP contribution in [0.2, 0.25) is 4.34 Å². The second-order valence-corrected chi connectivity index (χ2v) is 12.2. The summed E-state index contributed by atoms with van der Waals surface area (Å²) in [5.74, 6) is -0.114. The van der Waals surface area contributed by atoms with Crippen LogP contribution in [-0.4, -0.2) is 79.8 Å². The van der Waals surface area contributed by atoms with Crippen LogP contribution in [0.1, 0.15) is 47.3 Å². The Morgan fingerprint density at radius 1 is 1.11 bits per heavy atom. The molecule has 6 rings (SSSR count). The Kier molecular flexibility index (Phi) is 6.71. The number of morpholine rings is 1. The average Bonchev–Trinajstić information content (AvgIpc) is 3.57. The Morgan fingerprint density at radius 3 is 2.56 bits per heavy atom. The number of nitrogens with zero attached hydrogens (tertiary/aromatic N) is 3. The number of benzene rings is 1. The zero-order chi connectivity index (χ0) is 24.7. The largest absolute Gasteiger partial charge is 0.379 e. The van der Waals surface area contributed by atoms with Crippen molar-refractivity contribution in [3.05, 3.63) is 51.2 Å². The fourth-order valence-electron chi connectivity index (χ4n) is 6.28. The van der Waals surface area contributed by atoms with Gasteiger partial charge in [0.05, 0.1) is 41.1 Å². The zero-order valence-electron chi connectivity index (χ0n) is 20.5. The van der Waals surface area contributed by atoms with Crippen molar-refractivity contribution < 1.29 is 14.3 Å². The highest BCUT2D eigenvalue weighted by atomic mass is 35.5. The summed E-state index contributed by atoms with van der Waals surface area (Å²) in [6.45, 7) is 6.14. The Bertz CT molecular complexity index is 1110. The van der Waals surface area contributed by atoms with E-state index < -0.39 is 0 Å².